The summed E-state index contributed by atoms with van der Waals surface area (Å²) in [5.41, 5.74) is 2.84. The van der Waals surface area contributed by atoms with Crippen LogP contribution in [0.25, 0.3) is 0 Å². The molecule has 2 aromatic carbocycles. The molecule has 0 aliphatic rings. The van der Waals surface area contributed by atoms with Crippen LogP contribution < -0.4 is 9.79 Å². The largest absolute Gasteiger partial charge is 0.755 e. The van der Waals surface area contributed by atoms with Crippen LogP contribution in [-0.2, 0) is 17.8 Å². The molecule has 7 heteroatoms. The van der Waals surface area contributed by atoms with E-state index in [4.69, 9.17) is 5.21 Å². The molecule has 110 valence electrons. The topological polar surface area (TPSA) is 92.7 Å². The van der Waals surface area contributed by atoms with E-state index in [9.17, 15) is 13.6 Å². The van der Waals surface area contributed by atoms with Gasteiger partial charge in [-0.2, -0.15) is 0 Å². The Kier molecular flexibility index (Phi) is 5.04. The second-order valence-corrected chi connectivity index (χ2v) is 5.11. The number of nitrogens with one attached hydrogen (secondary N) is 1. The van der Waals surface area contributed by atoms with Crippen LogP contribution in [0.15, 0.2) is 54.6 Å². The lowest BCUT2D eigenvalue weighted by atomic mass is 10.1. The van der Waals surface area contributed by atoms with E-state index in [1.807, 2.05) is 30.3 Å². The second kappa shape index (κ2) is 6.98. The van der Waals surface area contributed by atoms with E-state index in [1.54, 1.807) is 12.1 Å². The van der Waals surface area contributed by atoms with Gasteiger partial charge in [-0.25, -0.2) is 5.48 Å². The molecule has 0 heterocycles. The molecule has 6 nitrogen and oxygen atoms in total. The Morgan fingerprint density at radius 3 is 2.52 bits per heavy atom. The monoisotopic (exact) mass is 305 g/mol. The van der Waals surface area contributed by atoms with Crippen molar-refractivity contribution in [2.45, 2.75) is 6.54 Å². The third-order valence-corrected chi connectivity index (χ3v) is 3.55. The van der Waals surface area contributed by atoms with E-state index in [1.165, 1.54) is 17.6 Å². The first-order valence-electron chi connectivity index (χ1n) is 6.07. The quantitative estimate of drug-likeness (QED) is 0.498. The Hall–Kier alpha value is -2.22. The fourth-order valence-corrected chi connectivity index (χ4v) is 2.39. The molecule has 2 rings (SSSR count). The van der Waals surface area contributed by atoms with Crippen molar-refractivity contribution in [3.63, 3.8) is 0 Å². The Bertz CT molecular complexity index is 648. The summed E-state index contributed by atoms with van der Waals surface area (Å²) in [4.78, 5) is 11.4. The van der Waals surface area contributed by atoms with Crippen molar-refractivity contribution in [2.75, 3.05) is 4.31 Å². The van der Waals surface area contributed by atoms with Gasteiger partial charge in [0, 0.05) is 22.5 Å². The Labute approximate surface area is 124 Å². The predicted molar refractivity (Wildman–Crippen MR) is 77.2 cm³/mol. The first kappa shape index (κ1) is 15.2. The van der Waals surface area contributed by atoms with Crippen molar-refractivity contribution in [2.24, 2.45) is 0 Å². The molecule has 1 amide bonds. The predicted octanol–water partition coefficient (Wildman–Crippen LogP) is 1.61. The van der Waals surface area contributed by atoms with Crippen molar-refractivity contribution in [1.82, 2.24) is 5.48 Å². The Balaban J connectivity index is 2.30. The molecule has 2 N–H and O–H groups in total. The highest BCUT2D eigenvalue weighted by molar-refractivity contribution is 7.80. The highest BCUT2D eigenvalue weighted by atomic mass is 32.2. The fourth-order valence-electron chi connectivity index (χ4n) is 1.85. The standard InChI is InChI=1S/C14H14N2O4S/c17-14(15-18)12-7-4-8-13(9-12)16(21(19)20)10-11-5-2-1-3-6-11/h1-9,18H,10H2,(H,15,17)(H,19,20)/p-1. The van der Waals surface area contributed by atoms with Gasteiger partial charge < -0.3 is 4.55 Å². The average Bonchev–Trinajstić information content (AvgIpc) is 2.52. The van der Waals surface area contributed by atoms with Gasteiger partial charge in [0.25, 0.3) is 5.91 Å². The van der Waals surface area contributed by atoms with Gasteiger partial charge in [-0.15, -0.1) is 0 Å². The molecule has 0 spiro atoms. The number of hydrogen-bond acceptors (Lipinski definition) is 4. The number of carbonyl (C=O) groups excluding carboxylic acids is 1. The number of amides is 1. The lowest BCUT2D eigenvalue weighted by molar-refractivity contribution is 0.0706. The molecular formula is C14H13N2O4S-. The van der Waals surface area contributed by atoms with Crippen molar-refractivity contribution < 1.29 is 18.8 Å². The number of carbonyl (C=O) groups is 1. The van der Waals surface area contributed by atoms with Gasteiger partial charge in [0.1, 0.15) is 0 Å². The first-order chi connectivity index (χ1) is 10.1. The van der Waals surface area contributed by atoms with Gasteiger partial charge >= 0.3 is 0 Å². The molecule has 0 saturated carbocycles. The maximum Gasteiger partial charge on any atom is 0.274 e. The number of rotatable bonds is 5. The van der Waals surface area contributed by atoms with Crippen LogP contribution in [0.4, 0.5) is 5.69 Å². The SMILES string of the molecule is O=C(NO)c1cccc(N(Cc2ccccc2)S(=O)[O-])c1. The van der Waals surface area contributed by atoms with E-state index in [2.05, 4.69) is 0 Å². The molecule has 0 radical (unpaired) electrons. The van der Waals surface area contributed by atoms with Crippen molar-refractivity contribution >= 4 is 22.9 Å². The molecule has 0 aliphatic heterocycles. The second-order valence-electron chi connectivity index (χ2n) is 4.23. The van der Waals surface area contributed by atoms with Gasteiger partial charge in [-0.1, -0.05) is 36.4 Å². The molecule has 0 saturated heterocycles. The van der Waals surface area contributed by atoms with E-state index in [0.29, 0.717) is 5.69 Å². The number of hydroxylamine groups is 1. The highest BCUT2D eigenvalue weighted by Crippen LogP contribution is 2.20. The molecule has 0 bridgehead atoms. The van der Waals surface area contributed by atoms with E-state index in [0.717, 1.165) is 9.87 Å². The molecular weight excluding hydrogens is 292 g/mol. The van der Waals surface area contributed by atoms with Crippen LogP contribution in [0.5, 0.6) is 0 Å². The van der Waals surface area contributed by atoms with Crippen LogP contribution in [-0.4, -0.2) is 19.9 Å². The molecule has 0 fully saturated rings. The summed E-state index contributed by atoms with van der Waals surface area (Å²) in [7, 11) is 0. The molecule has 21 heavy (non-hydrogen) atoms. The molecule has 1 unspecified atom stereocenters. The zero-order valence-electron chi connectivity index (χ0n) is 10.9. The fraction of sp³-hybridized carbons (Fsp3) is 0.0714. The number of anilines is 1. The minimum Gasteiger partial charge on any atom is -0.755 e. The minimum absolute atomic E-state index is 0.154. The van der Waals surface area contributed by atoms with Crippen molar-refractivity contribution in [3.8, 4) is 0 Å². The van der Waals surface area contributed by atoms with Gasteiger partial charge in [0.2, 0.25) is 0 Å². The molecule has 0 aliphatic carbocycles. The van der Waals surface area contributed by atoms with Gasteiger partial charge in [-0.05, 0) is 23.8 Å². The van der Waals surface area contributed by atoms with E-state index in [-0.39, 0.29) is 12.1 Å². The maximum absolute atomic E-state index is 11.4. The molecule has 2 aromatic rings. The van der Waals surface area contributed by atoms with Crippen molar-refractivity contribution in [1.29, 1.82) is 0 Å². The highest BCUT2D eigenvalue weighted by Gasteiger charge is 2.11. The summed E-state index contributed by atoms with van der Waals surface area (Å²) in [6.45, 7) is 0.154. The summed E-state index contributed by atoms with van der Waals surface area (Å²) in [6.07, 6.45) is 0. The van der Waals surface area contributed by atoms with E-state index >= 15 is 0 Å². The van der Waals surface area contributed by atoms with Crippen LogP contribution in [0.3, 0.4) is 0 Å². The normalized spacial score (nSPS) is 11.7. The van der Waals surface area contributed by atoms with Crippen LogP contribution in [0.1, 0.15) is 15.9 Å². The average molecular weight is 305 g/mol. The van der Waals surface area contributed by atoms with Crippen LogP contribution in [0.2, 0.25) is 0 Å². The van der Waals surface area contributed by atoms with Gasteiger partial charge in [-0.3, -0.25) is 18.5 Å². The van der Waals surface area contributed by atoms with Crippen LogP contribution in [0, 0.1) is 0 Å². The maximum atomic E-state index is 11.4. The Morgan fingerprint density at radius 2 is 1.90 bits per heavy atom. The third-order valence-electron chi connectivity index (χ3n) is 2.85. The summed E-state index contributed by atoms with van der Waals surface area (Å²) >= 11 is -2.49. The smallest absolute Gasteiger partial charge is 0.274 e. The van der Waals surface area contributed by atoms with Gasteiger partial charge in [0.15, 0.2) is 0 Å². The lowest BCUT2D eigenvalue weighted by Crippen LogP contribution is -2.25. The number of nitrogens with zero attached hydrogens (tertiary/aromatic N) is 1. The number of benzene rings is 2. The summed E-state index contributed by atoms with van der Waals surface area (Å²) in [5.74, 6) is -0.701. The van der Waals surface area contributed by atoms with E-state index < -0.39 is 17.2 Å². The third kappa shape index (κ3) is 3.88. The zero-order chi connectivity index (χ0) is 15.2. The number of hydrogen-bond donors (Lipinski definition) is 2. The molecule has 1 atom stereocenters. The minimum atomic E-state index is -2.49. The lowest BCUT2D eigenvalue weighted by Gasteiger charge is -2.26. The van der Waals surface area contributed by atoms with Crippen LogP contribution >= 0.6 is 0 Å². The summed E-state index contributed by atoms with van der Waals surface area (Å²) < 4.78 is 24.0. The van der Waals surface area contributed by atoms with Gasteiger partial charge in [0.05, 0.1) is 6.54 Å². The Morgan fingerprint density at radius 1 is 1.19 bits per heavy atom. The summed E-state index contributed by atoms with van der Waals surface area (Å²) in [6, 6.07) is 15.1. The first-order valence-corrected chi connectivity index (χ1v) is 7.10. The van der Waals surface area contributed by atoms with Crippen molar-refractivity contribution in [3.05, 3.63) is 65.7 Å². The summed E-state index contributed by atoms with van der Waals surface area (Å²) in [5, 5.41) is 8.63. The zero-order valence-corrected chi connectivity index (χ0v) is 11.7. The molecule has 0 aromatic heterocycles.